The molecule has 0 bridgehead atoms. The maximum Gasteiger partial charge on any atom is 0.410 e. The average molecular weight is 343 g/mol. The van der Waals surface area contributed by atoms with Gasteiger partial charge in [0.05, 0.1) is 13.7 Å². The van der Waals surface area contributed by atoms with Crippen molar-refractivity contribution in [3.8, 4) is 0 Å². The highest BCUT2D eigenvalue weighted by atomic mass is 16.6. The molecule has 1 atom stereocenters. The second-order valence-corrected chi connectivity index (χ2v) is 6.40. The molecule has 2 N–H and O–H groups in total. The van der Waals surface area contributed by atoms with E-state index in [4.69, 9.17) is 4.74 Å². The minimum Gasteiger partial charge on any atom is -0.468 e. The highest BCUT2D eigenvalue weighted by molar-refractivity contribution is 5.90. The first-order chi connectivity index (χ1) is 11.1. The third-order valence-corrected chi connectivity index (χ3v) is 3.26. The minimum absolute atomic E-state index is 0.265. The summed E-state index contributed by atoms with van der Waals surface area (Å²) >= 11 is 0. The van der Waals surface area contributed by atoms with E-state index in [1.54, 1.807) is 20.8 Å². The van der Waals surface area contributed by atoms with Gasteiger partial charge in [0.2, 0.25) is 11.8 Å². The van der Waals surface area contributed by atoms with Crippen LogP contribution in [0.5, 0.6) is 0 Å². The molecular formula is C15H25N3O6. The van der Waals surface area contributed by atoms with Crippen LogP contribution in [0.25, 0.3) is 0 Å². The lowest BCUT2D eigenvalue weighted by atomic mass is 10.2. The topological polar surface area (TPSA) is 114 Å². The Kier molecular flexibility index (Phi) is 6.99. The quantitative estimate of drug-likeness (QED) is 0.668. The van der Waals surface area contributed by atoms with E-state index in [-0.39, 0.29) is 13.1 Å². The molecular weight excluding hydrogens is 318 g/mol. The summed E-state index contributed by atoms with van der Waals surface area (Å²) in [5.74, 6) is -1.52. The van der Waals surface area contributed by atoms with Crippen molar-refractivity contribution in [2.24, 2.45) is 0 Å². The van der Waals surface area contributed by atoms with Crippen molar-refractivity contribution in [1.82, 2.24) is 15.5 Å². The first-order valence-electron chi connectivity index (χ1n) is 7.75. The van der Waals surface area contributed by atoms with Gasteiger partial charge in [0.25, 0.3) is 0 Å². The van der Waals surface area contributed by atoms with Crippen molar-refractivity contribution in [3.63, 3.8) is 0 Å². The molecule has 0 unspecified atom stereocenters. The van der Waals surface area contributed by atoms with Gasteiger partial charge in [0, 0.05) is 6.54 Å². The second kappa shape index (κ2) is 8.51. The van der Waals surface area contributed by atoms with Gasteiger partial charge in [0.1, 0.15) is 18.2 Å². The fraction of sp³-hybridized carbons (Fsp3) is 0.733. The molecule has 24 heavy (non-hydrogen) atoms. The minimum atomic E-state index is -0.659. The summed E-state index contributed by atoms with van der Waals surface area (Å²) in [6.45, 7) is 5.14. The Morgan fingerprint density at radius 2 is 1.79 bits per heavy atom. The number of nitrogens with zero attached hydrogens (tertiary/aromatic N) is 1. The Morgan fingerprint density at radius 1 is 1.12 bits per heavy atom. The number of carbonyl (C=O) groups excluding carboxylic acids is 4. The first-order valence-corrected chi connectivity index (χ1v) is 7.75. The van der Waals surface area contributed by atoms with Crippen LogP contribution in [0.15, 0.2) is 0 Å². The Bertz CT molecular complexity index is 500. The lowest BCUT2D eigenvalue weighted by Crippen LogP contribution is -2.49. The van der Waals surface area contributed by atoms with Gasteiger partial charge in [-0.15, -0.1) is 0 Å². The number of amides is 3. The smallest absolute Gasteiger partial charge is 0.410 e. The number of carbonyl (C=O) groups is 4. The van der Waals surface area contributed by atoms with Gasteiger partial charge < -0.3 is 20.1 Å². The first kappa shape index (κ1) is 19.7. The third-order valence-electron chi connectivity index (χ3n) is 3.26. The molecule has 9 nitrogen and oxygen atoms in total. The maximum atomic E-state index is 12.2. The summed E-state index contributed by atoms with van der Waals surface area (Å²) in [6, 6.07) is -0.659. The van der Waals surface area contributed by atoms with Crippen LogP contribution in [0.3, 0.4) is 0 Å². The maximum absolute atomic E-state index is 12.2. The number of rotatable bonds is 5. The van der Waals surface area contributed by atoms with E-state index in [1.807, 2.05) is 0 Å². The van der Waals surface area contributed by atoms with Gasteiger partial charge in [-0.1, -0.05) is 0 Å². The summed E-state index contributed by atoms with van der Waals surface area (Å²) in [4.78, 5) is 48.1. The SMILES string of the molecule is COC(=O)CNC(=O)CNC(=O)[C@@H]1CCCN1C(=O)OC(C)(C)C. The fourth-order valence-corrected chi connectivity index (χ4v) is 2.17. The van der Waals surface area contributed by atoms with Crippen LogP contribution in [0.1, 0.15) is 33.6 Å². The van der Waals surface area contributed by atoms with Gasteiger partial charge in [-0.25, -0.2) is 4.79 Å². The molecule has 3 amide bonds. The van der Waals surface area contributed by atoms with Gasteiger partial charge in [-0.05, 0) is 33.6 Å². The largest absolute Gasteiger partial charge is 0.468 e. The van der Waals surface area contributed by atoms with E-state index >= 15 is 0 Å². The highest BCUT2D eigenvalue weighted by Crippen LogP contribution is 2.20. The van der Waals surface area contributed by atoms with Crippen molar-refractivity contribution in [2.75, 3.05) is 26.7 Å². The molecule has 9 heteroatoms. The molecule has 1 saturated heterocycles. The van der Waals surface area contributed by atoms with Gasteiger partial charge in [-0.2, -0.15) is 0 Å². The van der Waals surface area contributed by atoms with Crippen molar-refractivity contribution < 1.29 is 28.7 Å². The van der Waals surface area contributed by atoms with Crippen LogP contribution in [0.4, 0.5) is 4.79 Å². The van der Waals surface area contributed by atoms with Gasteiger partial charge in [-0.3, -0.25) is 19.3 Å². The predicted octanol–water partition coefficient (Wildman–Crippen LogP) is -0.209. The molecule has 0 aromatic heterocycles. The lowest BCUT2D eigenvalue weighted by Gasteiger charge is -2.27. The Morgan fingerprint density at radius 3 is 2.38 bits per heavy atom. The fourth-order valence-electron chi connectivity index (χ4n) is 2.17. The molecule has 1 aliphatic rings. The standard InChI is InChI=1S/C15H25N3O6/c1-15(2,3)24-14(22)18-7-5-6-10(18)13(21)17-8-11(19)16-9-12(20)23-4/h10H,5-9H2,1-4H3,(H,16,19)(H,17,21)/t10-/m0/s1. The van der Waals surface area contributed by atoms with E-state index in [1.165, 1.54) is 12.0 Å². The van der Waals surface area contributed by atoms with Crippen molar-refractivity contribution in [3.05, 3.63) is 0 Å². The van der Waals surface area contributed by atoms with E-state index in [2.05, 4.69) is 15.4 Å². The Balaban J connectivity index is 2.47. The zero-order valence-corrected chi connectivity index (χ0v) is 14.5. The second-order valence-electron chi connectivity index (χ2n) is 6.40. The molecule has 0 radical (unpaired) electrons. The highest BCUT2D eigenvalue weighted by Gasteiger charge is 2.36. The van der Waals surface area contributed by atoms with E-state index in [9.17, 15) is 19.2 Å². The molecule has 1 heterocycles. The summed E-state index contributed by atoms with van der Waals surface area (Å²) in [5.41, 5.74) is -0.644. The van der Waals surface area contributed by atoms with Crippen molar-refractivity contribution in [1.29, 1.82) is 0 Å². The number of ether oxygens (including phenoxy) is 2. The molecule has 1 rings (SSSR count). The lowest BCUT2D eigenvalue weighted by molar-refractivity contribution is -0.141. The number of methoxy groups -OCH3 is 1. The number of esters is 1. The van der Waals surface area contributed by atoms with Gasteiger partial charge >= 0.3 is 12.1 Å². The average Bonchev–Trinajstić information content (AvgIpc) is 2.98. The third kappa shape index (κ3) is 6.43. The molecule has 136 valence electrons. The monoisotopic (exact) mass is 343 g/mol. The van der Waals surface area contributed by atoms with Crippen LogP contribution < -0.4 is 10.6 Å². The molecule has 0 saturated carbocycles. The summed E-state index contributed by atoms with van der Waals surface area (Å²) in [7, 11) is 1.21. The van der Waals surface area contributed by atoms with Crippen molar-refractivity contribution >= 4 is 23.9 Å². The molecule has 0 aromatic rings. The van der Waals surface area contributed by atoms with Gasteiger partial charge in [0.15, 0.2) is 0 Å². The van der Waals surface area contributed by atoms with E-state index in [0.29, 0.717) is 19.4 Å². The van der Waals surface area contributed by atoms with Crippen LogP contribution in [-0.4, -0.2) is 67.2 Å². The Hall–Kier alpha value is -2.32. The summed E-state index contributed by atoms with van der Waals surface area (Å²) in [6.07, 6.45) is 0.649. The number of hydrogen-bond donors (Lipinski definition) is 2. The summed E-state index contributed by atoms with van der Waals surface area (Å²) in [5, 5.41) is 4.77. The van der Waals surface area contributed by atoms with Crippen LogP contribution in [0.2, 0.25) is 0 Å². The number of hydrogen-bond acceptors (Lipinski definition) is 6. The normalized spacial score (nSPS) is 17.2. The van der Waals surface area contributed by atoms with E-state index in [0.717, 1.165) is 0 Å². The summed E-state index contributed by atoms with van der Waals surface area (Å²) < 4.78 is 9.67. The molecule has 1 aliphatic heterocycles. The zero-order chi connectivity index (χ0) is 18.3. The molecule has 0 aliphatic carbocycles. The van der Waals surface area contributed by atoms with Crippen LogP contribution in [-0.2, 0) is 23.9 Å². The van der Waals surface area contributed by atoms with E-state index < -0.39 is 35.5 Å². The zero-order valence-electron chi connectivity index (χ0n) is 14.5. The molecule has 0 spiro atoms. The number of nitrogens with one attached hydrogen (secondary N) is 2. The predicted molar refractivity (Wildman–Crippen MR) is 84.0 cm³/mol. The molecule has 1 fully saturated rings. The Labute approximate surface area is 141 Å². The van der Waals surface area contributed by atoms with Crippen LogP contribution in [0, 0.1) is 0 Å². The van der Waals surface area contributed by atoms with Crippen molar-refractivity contribution in [2.45, 2.75) is 45.3 Å². The number of likely N-dealkylation sites (tertiary alicyclic amines) is 1. The van der Waals surface area contributed by atoms with Crippen LogP contribution >= 0.6 is 0 Å². The molecule has 0 aromatic carbocycles.